The fraction of sp³-hybridized carbons (Fsp3) is 0.308. The lowest BCUT2D eigenvalue weighted by Gasteiger charge is -2.12. The molecule has 0 fully saturated rings. The Hall–Kier alpha value is -4.62. The molecule has 0 aliphatic heterocycles. The van der Waals surface area contributed by atoms with Gasteiger partial charge in [-0.25, -0.2) is 4.39 Å². The normalized spacial score (nSPS) is 11.3. The van der Waals surface area contributed by atoms with E-state index in [1.807, 2.05) is 12.1 Å². The summed E-state index contributed by atoms with van der Waals surface area (Å²) in [6, 6.07) is 10.4. The number of alkyl halides is 3. The van der Waals surface area contributed by atoms with Crippen LogP contribution in [0.2, 0.25) is 0 Å². The van der Waals surface area contributed by atoms with Crippen LogP contribution in [0.5, 0.6) is 5.75 Å². The number of hydrogen-bond acceptors (Lipinski definition) is 8. The number of rotatable bonds is 12. The van der Waals surface area contributed by atoms with Crippen LogP contribution >= 0.6 is 0 Å². The van der Waals surface area contributed by atoms with E-state index in [4.69, 9.17) is 0 Å². The molecule has 10 nitrogen and oxygen atoms in total. The predicted octanol–water partition coefficient (Wildman–Crippen LogP) is 4.20. The van der Waals surface area contributed by atoms with Crippen molar-refractivity contribution in [3.8, 4) is 16.9 Å². The Labute approximate surface area is 226 Å². The molecule has 1 aromatic carbocycles. The van der Waals surface area contributed by atoms with Gasteiger partial charge in [-0.05, 0) is 55.2 Å². The number of nitrogens with zero attached hydrogens (tertiary/aromatic N) is 6. The predicted molar refractivity (Wildman–Crippen MR) is 137 cm³/mol. The van der Waals surface area contributed by atoms with E-state index in [-0.39, 0.29) is 17.2 Å². The molecule has 0 bridgehead atoms. The Kier molecular flexibility index (Phi) is 9.19. The molecule has 4 aromatic rings. The molecule has 0 aliphatic carbocycles. The number of aromatic nitrogens is 6. The summed E-state index contributed by atoms with van der Waals surface area (Å²) in [6.45, 7) is 1.09. The van der Waals surface area contributed by atoms with Gasteiger partial charge in [0.25, 0.3) is 5.91 Å². The molecule has 1 amide bonds. The molecule has 0 atom stereocenters. The second-order valence-electron chi connectivity index (χ2n) is 8.69. The van der Waals surface area contributed by atoms with E-state index in [0.29, 0.717) is 36.6 Å². The first-order valence-corrected chi connectivity index (χ1v) is 12.4. The largest absolute Gasteiger partial charge is 0.573 e. The van der Waals surface area contributed by atoms with Gasteiger partial charge in [0.05, 0.1) is 11.9 Å². The standard InChI is InChI=1S/C26H26F4N8O2/c1-31-25(39)21-16-38(37-35-21)14-3-2-5-18-8-9-23(36-34-18)33-13-11-19-15-17(10-12-32-19)20-6-4-7-22(24(20)27)40-26(28,29)30/h4,6-10,12,15-16H,2-3,5,11,13-14H2,1H3,(H,31,39)(H,33,36). The number of carbonyl (C=O) groups excluding carboxylic acids is 1. The number of carbonyl (C=O) groups is 1. The number of anilines is 1. The number of nitrogens with one attached hydrogen (secondary N) is 2. The lowest BCUT2D eigenvalue weighted by Crippen LogP contribution is -2.18. The van der Waals surface area contributed by atoms with E-state index in [2.05, 4.69) is 40.9 Å². The summed E-state index contributed by atoms with van der Waals surface area (Å²) in [5.41, 5.74) is 2.09. The van der Waals surface area contributed by atoms with Crippen LogP contribution in [0.15, 0.2) is 54.9 Å². The average molecular weight is 559 g/mol. The molecule has 0 saturated carbocycles. The van der Waals surface area contributed by atoms with Gasteiger partial charge in [-0.15, -0.1) is 23.4 Å². The van der Waals surface area contributed by atoms with Crippen molar-refractivity contribution >= 4 is 11.7 Å². The van der Waals surface area contributed by atoms with E-state index in [1.165, 1.54) is 31.4 Å². The minimum absolute atomic E-state index is 0.0188. The maximum Gasteiger partial charge on any atom is 0.573 e. The van der Waals surface area contributed by atoms with Crippen molar-refractivity contribution in [2.45, 2.75) is 38.6 Å². The van der Waals surface area contributed by atoms with Gasteiger partial charge in [-0.1, -0.05) is 17.3 Å². The van der Waals surface area contributed by atoms with Crippen molar-refractivity contribution in [3.05, 3.63) is 77.8 Å². The molecular weight excluding hydrogens is 532 g/mol. The summed E-state index contributed by atoms with van der Waals surface area (Å²) >= 11 is 0. The Morgan fingerprint density at radius 2 is 1.88 bits per heavy atom. The zero-order valence-corrected chi connectivity index (χ0v) is 21.5. The number of halogens is 4. The van der Waals surface area contributed by atoms with E-state index < -0.39 is 17.9 Å². The van der Waals surface area contributed by atoms with Crippen molar-refractivity contribution < 1.29 is 27.1 Å². The number of pyridine rings is 1. The molecule has 0 aliphatic rings. The number of aryl methyl sites for hydroxylation is 2. The van der Waals surface area contributed by atoms with Gasteiger partial charge in [0.2, 0.25) is 0 Å². The summed E-state index contributed by atoms with van der Waals surface area (Å²) in [4.78, 5) is 15.8. The first-order valence-electron chi connectivity index (χ1n) is 12.4. The van der Waals surface area contributed by atoms with Crippen molar-refractivity contribution in [2.75, 3.05) is 18.9 Å². The highest BCUT2D eigenvalue weighted by Crippen LogP contribution is 2.32. The van der Waals surface area contributed by atoms with Gasteiger partial charge in [-0.2, -0.15) is 5.10 Å². The van der Waals surface area contributed by atoms with Gasteiger partial charge < -0.3 is 15.4 Å². The average Bonchev–Trinajstić information content (AvgIpc) is 3.41. The number of hydrogen-bond donors (Lipinski definition) is 2. The molecule has 0 saturated heterocycles. The Morgan fingerprint density at radius 1 is 1.02 bits per heavy atom. The van der Waals surface area contributed by atoms with E-state index in [0.717, 1.165) is 31.0 Å². The highest BCUT2D eigenvalue weighted by Gasteiger charge is 2.32. The minimum atomic E-state index is -4.99. The quantitative estimate of drug-likeness (QED) is 0.196. The summed E-state index contributed by atoms with van der Waals surface area (Å²) < 4.78 is 57.7. The third-order valence-electron chi connectivity index (χ3n) is 5.79. The maximum atomic E-state index is 14.6. The molecule has 40 heavy (non-hydrogen) atoms. The van der Waals surface area contributed by atoms with Gasteiger partial charge in [0.15, 0.2) is 17.3 Å². The molecule has 14 heteroatoms. The third-order valence-corrected chi connectivity index (χ3v) is 5.79. The number of benzene rings is 1. The van der Waals surface area contributed by atoms with Crippen LogP contribution in [0.1, 0.15) is 34.7 Å². The molecule has 3 heterocycles. The molecular formula is C26H26F4N8O2. The fourth-order valence-electron chi connectivity index (χ4n) is 3.85. The molecule has 0 unspecified atom stereocenters. The van der Waals surface area contributed by atoms with Crippen LogP contribution in [-0.4, -0.2) is 56.0 Å². The zero-order valence-electron chi connectivity index (χ0n) is 21.5. The Morgan fingerprint density at radius 3 is 2.62 bits per heavy atom. The second-order valence-corrected chi connectivity index (χ2v) is 8.69. The summed E-state index contributed by atoms with van der Waals surface area (Å²) in [7, 11) is 1.54. The van der Waals surface area contributed by atoms with Gasteiger partial charge >= 0.3 is 6.36 Å². The van der Waals surface area contributed by atoms with Crippen LogP contribution in [0.3, 0.4) is 0 Å². The lowest BCUT2D eigenvalue weighted by molar-refractivity contribution is -0.275. The monoisotopic (exact) mass is 558 g/mol. The van der Waals surface area contributed by atoms with Crippen molar-refractivity contribution in [1.29, 1.82) is 0 Å². The topological polar surface area (TPSA) is 120 Å². The van der Waals surface area contributed by atoms with Crippen molar-refractivity contribution in [2.24, 2.45) is 0 Å². The molecule has 0 radical (unpaired) electrons. The van der Waals surface area contributed by atoms with E-state index in [9.17, 15) is 22.4 Å². The van der Waals surface area contributed by atoms with Gasteiger partial charge in [0.1, 0.15) is 5.82 Å². The van der Waals surface area contributed by atoms with Crippen LogP contribution in [0.25, 0.3) is 11.1 Å². The first-order chi connectivity index (χ1) is 19.2. The SMILES string of the molecule is CNC(=O)c1cn(CCCCc2ccc(NCCc3cc(-c4cccc(OC(F)(F)F)c4F)ccn3)nn2)nn1. The molecule has 4 rings (SSSR count). The van der Waals surface area contributed by atoms with Crippen molar-refractivity contribution in [3.63, 3.8) is 0 Å². The molecule has 2 N–H and O–H groups in total. The van der Waals surface area contributed by atoms with E-state index in [1.54, 1.807) is 16.9 Å². The number of unbranched alkanes of at least 4 members (excludes halogenated alkanes) is 1. The van der Waals surface area contributed by atoms with Crippen LogP contribution < -0.4 is 15.4 Å². The first kappa shape index (κ1) is 28.4. The van der Waals surface area contributed by atoms with Crippen LogP contribution in [0.4, 0.5) is 23.4 Å². The second kappa shape index (κ2) is 13.0. The fourth-order valence-corrected chi connectivity index (χ4v) is 3.85. The van der Waals surface area contributed by atoms with Crippen molar-refractivity contribution in [1.82, 2.24) is 35.5 Å². The summed E-state index contributed by atoms with van der Waals surface area (Å²) in [5, 5.41) is 21.8. The highest BCUT2D eigenvalue weighted by molar-refractivity contribution is 5.91. The molecule has 0 spiro atoms. The third kappa shape index (κ3) is 7.94. The minimum Gasteiger partial charge on any atom is -0.403 e. The lowest BCUT2D eigenvalue weighted by atomic mass is 10.0. The number of amides is 1. The number of ether oxygens (including phenoxy) is 1. The smallest absolute Gasteiger partial charge is 0.403 e. The molecule has 3 aromatic heterocycles. The summed E-state index contributed by atoms with van der Waals surface area (Å²) in [6.07, 6.45) is 0.954. The summed E-state index contributed by atoms with van der Waals surface area (Å²) in [5.74, 6) is -1.69. The van der Waals surface area contributed by atoms with Gasteiger partial charge in [-0.3, -0.25) is 14.5 Å². The Bertz CT molecular complexity index is 1430. The van der Waals surface area contributed by atoms with Gasteiger partial charge in [0, 0.05) is 44.0 Å². The van der Waals surface area contributed by atoms with Crippen LogP contribution in [0, 0.1) is 5.82 Å². The maximum absolute atomic E-state index is 14.6. The molecule has 210 valence electrons. The highest BCUT2D eigenvalue weighted by atomic mass is 19.4. The van der Waals surface area contributed by atoms with Crippen LogP contribution in [-0.2, 0) is 19.4 Å². The zero-order chi connectivity index (χ0) is 28.5. The van der Waals surface area contributed by atoms with E-state index >= 15 is 0 Å². The Balaban J connectivity index is 1.23.